The summed E-state index contributed by atoms with van der Waals surface area (Å²) in [6.07, 6.45) is 0.901. The zero-order valence-electron chi connectivity index (χ0n) is 11.5. The first-order valence-electron chi connectivity index (χ1n) is 6.74. The molecule has 1 aromatic heterocycles. The van der Waals surface area contributed by atoms with E-state index < -0.39 is 0 Å². The fourth-order valence-electron chi connectivity index (χ4n) is 2.33. The minimum absolute atomic E-state index is 0.118. The second kappa shape index (κ2) is 5.99. The van der Waals surface area contributed by atoms with Crippen LogP contribution >= 0.6 is 11.3 Å². The number of anilines is 1. The first-order valence-corrected chi connectivity index (χ1v) is 7.55. The van der Waals surface area contributed by atoms with E-state index in [1.807, 2.05) is 0 Å². The average molecular weight is 269 g/mol. The Bertz CT molecular complexity index is 362. The van der Waals surface area contributed by atoms with Gasteiger partial charge in [0.1, 0.15) is 0 Å². The molecule has 0 radical (unpaired) electrons. The van der Waals surface area contributed by atoms with Crippen molar-refractivity contribution in [1.82, 2.24) is 9.88 Å². The first-order chi connectivity index (χ1) is 8.65. The van der Waals surface area contributed by atoms with Gasteiger partial charge in [0.2, 0.25) is 0 Å². The molecule has 1 aliphatic rings. The van der Waals surface area contributed by atoms with Crippen LogP contribution in [-0.4, -0.2) is 47.2 Å². The zero-order chi connectivity index (χ0) is 13.1. The lowest BCUT2D eigenvalue weighted by atomic mass is 10.2. The number of rotatable bonds is 4. The molecule has 0 spiro atoms. The van der Waals surface area contributed by atoms with Crippen LogP contribution in [0.3, 0.4) is 0 Å². The van der Waals surface area contributed by atoms with E-state index in [2.05, 4.69) is 35.6 Å². The maximum absolute atomic E-state index is 9.32. The first kappa shape index (κ1) is 13.8. The summed E-state index contributed by atoms with van der Waals surface area (Å²) >= 11 is 1.65. The third-order valence-corrected chi connectivity index (χ3v) is 4.70. The van der Waals surface area contributed by atoms with Crippen molar-refractivity contribution >= 4 is 16.5 Å². The Morgan fingerprint density at radius 2 is 1.94 bits per heavy atom. The molecule has 1 saturated heterocycles. The summed E-state index contributed by atoms with van der Waals surface area (Å²) in [5.41, 5.74) is 1.06. The second-order valence-electron chi connectivity index (χ2n) is 4.99. The SMILES string of the molecule is CCc1nc(N2CCN(C(C)C)CC2)sc1CO. The van der Waals surface area contributed by atoms with Gasteiger partial charge in [0.05, 0.1) is 17.2 Å². The van der Waals surface area contributed by atoms with E-state index in [0.717, 1.165) is 48.3 Å². The average Bonchev–Trinajstić information content (AvgIpc) is 2.82. The minimum atomic E-state index is 0.118. The Morgan fingerprint density at radius 3 is 2.39 bits per heavy atom. The second-order valence-corrected chi connectivity index (χ2v) is 6.06. The van der Waals surface area contributed by atoms with Crippen LogP contribution in [0.4, 0.5) is 5.13 Å². The van der Waals surface area contributed by atoms with E-state index in [-0.39, 0.29) is 6.61 Å². The minimum Gasteiger partial charge on any atom is -0.391 e. The van der Waals surface area contributed by atoms with Gasteiger partial charge in [0.15, 0.2) is 5.13 Å². The summed E-state index contributed by atoms with van der Waals surface area (Å²) in [5, 5.41) is 10.4. The molecule has 0 bridgehead atoms. The lowest BCUT2D eigenvalue weighted by Crippen LogP contribution is -2.48. The molecule has 2 heterocycles. The monoisotopic (exact) mass is 269 g/mol. The van der Waals surface area contributed by atoms with Gasteiger partial charge in [0, 0.05) is 32.2 Å². The molecular formula is C13H23N3OS. The van der Waals surface area contributed by atoms with Gasteiger partial charge in [0.25, 0.3) is 0 Å². The molecule has 1 fully saturated rings. The van der Waals surface area contributed by atoms with Gasteiger partial charge >= 0.3 is 0 Å². The summed E-state index contributed by atoms with van der Waals surface area (Å²) in [5.74, 6) is 0. The smallest absolute Gasteiger partial charge is 0.185 e. The van der Waals surface area contributed by atoms with Crippen LogP contribution in [-0.2, 0) is 13.0 Å². The normalized spacial score (nSPS) is 17.7. The van der Waals surface area contributed by atoms with Crippen molar-refractivity contribution in [2.45, 2.75) is 39.8 Å². The highest BCUT2D eigenvalue weighted by atomic mass is 32.1. The molecule has 5 heteroatoms. The number of hydrogen-bond donors (Lipinski definition) is 1. The maximum atomic E-state index is 9.32. The molecule has 18 heavy (non-hydrogen) atoms. The number of piperazine rings is 1. The van der Waals surface area contributed by atoms with Crippen molar-refractivity contribution < 1.29 is 5.11 Å². The topological polar surface area (TPSA) is 39.6 Å². The molecule has 1 aromatic rings. The van der Waals surface area contributed by atoms with Crippen molar-refractivity contribution in [2.75, 3.05) is 31.1 Å². The van der Waals surface area contributed by atoms with E-state index in [1.54, 1.807) is 11.3 Å². The van der Waals surface area contributed by atoms with E-state index in [4.69, 9.17) is 0 Å². The molecule has 0 atom stereocenters. The summed E-state index contributed by atoms with van der Waals surface area (Å²) in [7, 11) is 0. The third-order valence-electron chi connectivity index (χ3n) is 3.56. The lowest BCUT2D eigenvalue weighted by molar-refractivity contribution is 0.209. The van der Waals surface area contributed by atoms with Gasteiger partial charge in [-0.15, -0.1) is 0 Å². The standard InChI is InChI=1S/C13H23N3OS/c1-4-11-12(9-17)18-13(14-11)16-7-5-15(6-8-16)10(2)3/h10,17H,4-9H2,1-3H3. The fourth-order valence-corrected chi connectivity index (χ4v) is 3.39. The van der Waals surface area contributed by atoms with Crippen molar-refractivity contribution in [3.05, 3.63) is 10.6 Å². The molecule has 0 unspecified atom stereocenters. The van der Waals surface area contributed by atoms with Gasteiger partial charge in [-0.3, -0.25) is 4.90 Å². The number of aryl methyl sites for hydroxylation is 1. The molecule has 0 aromatic carbocycles. The van der Waals surface area contributed by atoms with Crippen molar-refractivity contribution in [3.63, 3.8) is 0 Å². The summed E-state index contributed by atoms with van der Waals surface area (Å²) in [6.45, 7) is 11.0. The number of aliphatic hydroxyl groups is 1. The highest BCUT2D eigenvalue weighted by Crippen LogP contribution is 2.27. The van der Waals surface area contributed by atoms with Crippen molar-refractivity contribution in [2.24, 2.45) is 0 Å². The Kier molecular flexibility index (Phi) is 4.59. The van der Waals surface area contributed by atoms with E-state index in [0.29, 0.717) is 6.04 Å². The predicted molar refractivity (Wildman–Crippen MR) is 76.3 cm³/mol. The Labute approximate surface area is 113 Å². The van der Waals surface area contributed by atoms with Crippen LogP contribution in [0.2, 0.25) is 0 Å². The van der Waals surface area contributed by atoms with Crippen LogP contribution in [0.1, 0.15) is 31.3 Å². The molecule has 0 aliphatic carbocycles. The molecule has 4 nitrogen and oxygen atoms in total. The van der Waals surface area contributed by atoms with E-state index >= 15 is 0 Å². The van der Waals surface area contributed by atoms with E-state index in [9.17, 15) is 5.11 Å². The summed E-state index contributed by atoms with van der Waals surface area (Å²) in [4.78, 5) is 10.5. The van der Waals surface area contributed by atoms with Gasteiger partial charge in [-0.2, -0.15) is 0 Å². The van der Waals surface area contributed by atoms with Gasteiger partial charge in [-0.25, -0.2) is 4.98 Å². The van der Waals surface area contributed by atoms with Crippen LogP contribution in [0.15, 0.2) is 0 Å². The number of aliphatic hydroxyl groups excluding tert-OH is 1. The molecule has 0 saturated carbocycles. The number of hydrogen-bond acceptors (Lipinski definition) is 5. The maximum Gasteiger partial charge on any atom is 0.185 e. The zero-order valence-corrected chi connectivity index (χ0v) is 12.3. The fraction of sp³-hybridized carbons (Fsp3) is 0.769. The van der Waals surface area contributed by atoms with Crippen LogP contribution in [0, 0.1) is 0 Å². The molecule has 2 rings (SSSR count). The van der Waals surface area contributed by atoms with Crippen LogP contribution in [0.25, 0.3) is 0 Å². The molecule has 1 aliphatic heterocycles. The predicted octanol–water partition coefficient (Wildman–Crippen LogP) is 1.73. The number of aromatic nitrogens is 1. The lowest BCUT2D eigenvalue weighted by Gasteiger charge is -2.36. The molecule has 1 N–H and O–H groups in total. The largest absolute Gasteiger partial charge is 0.391 e. The Hall–Kier alpha value is -0.650. The number of thiazole rings is 1. The van der Waals surface area contributed by atoms with Gasteiger partial charge in [-0.05, 0) is 20.3 Å². The molecular weight excluding hydrogens is 246 g/mol. The molecule has 102 valence electrons. The van der Waals surface area contributed by atoms with Crippen LogP contribution < -0.4 is 4.90 Å². The third kappa shape index (κ3) is 2.84. The summed E-state index contributed by atoms with van der Waals surface area (Å²) in [6, 6.07) is 0.627. The Morgan fingerprint density at radius 1 is 1.28 bits per heavy atom. The van der Waals surface area contributed by atoms with Crippen molar-refractivity contribution in [1.29, 1.82) is 0 Å². The van der Waals surface area contributed by atoms with Gasteiger partial charge < -0.3 is 10.0 Å². The highest BCUT2D eigenvalue weighted by molar-refractivity contribution is 7.15. The van der Waals surface area contributed by atoms with Gasteiger partial charge in [-0.1, -0.05) is 18.3 Å². The van der Waals surface area contributed by atoms with Crippen molar-refractivity contribution in [3.8, 4) is 0 Å². The highest BCUT2D eigenvalue weighted by Gasteiger charge is 2.21. The molecule has 0 amide bonds. The Balaban J connectivity index is 2.03. The van der Waals surface area contributed by atoms with E-state index in [1.165, 1.54) is 0 Å². The quantitative estimate of drug-likeness (QED) is 0.903. The van der Waals surface area contributed by atoms with Crippen LogP contribution in [0.5, 0.6) is 0 Å². The number of nitrogens with zero attached hydrogens (tertiary/aromatic N) is 3. The summed E-state index contributed by atoms with van der Waals surface area (Å²) < 4.78 is 0.